The van der Waals surface area contributed by atoms with Gasteiger partial charge in [-0.05, 0) is 27.3 Å². The van der Waals surface area contributed by atoms with Gasteiger partial charge in [0.1, 0.15) is 0 Å². The van der Waals surface area contributed by atoms with Crippen molar-refractivity contribution in [3.05, 3.63) is 0 Å². The molecule has 0 amide bonds. The fourth-order valence-corrected chi connectivity index (χ4v) is 1.82. The summed E-state index contributed by atoms with van der Waals surface area (Å²) in [6.45, 7) is 8.57. The van der Waals surface area contributed by atoms with E-state index in [-0.39, 0.29) is 6.61 Å². The quantitative estimate of drug-likeness (QED) is 0.677. The van der Waals surface area contributed by atoms with Gasteiger partial charge in [0.05, 0.1) is 6.61 Å². The van der Waals surface area contributed by atoms with Gasteiger partial charge in [0.15, 0.2) is 0 Å². The Bertz CT molecular complexity index is 196. The molecule has 0 saturated carbocycles. The number of piperazine rings is 1. The van der Waals surface area contributed by atoms with Crippen LogP contribution in [0, 0.1) is 0 Å². The highest BCUT2D eigenvalue weighted by molar-refractivity contribution is 4.82. The molecule has 4 heteroatoms. The van der Waals surface area contributed by atoms with Gasteiger partial charge in [-0.3, -0.25) is 0 Å². The van der Waals surface area contributed by atoms with E-state index in [4.69, 9.17) is 10.8 Å². The van der Waals surface area contributed by atoms with E-state index in [1.165, 1.54) is 0 Å². The molecule has 15 heavy (non-hydrogen) atoms. The number of nitrogens with zero attached hydrogens (tertiary/aromatic N) is 2. The number of hydrogen-bond acceptors (Lipinski definition) is 4. The molecule has 1 aliphatic rings. The van der Waals surface area contributed by atoms with Gasteiger partial charge in [-0.25, -0.2) is 0 Å². The van der Waals surface area contributed by atoms with Crippen LogP contribution in [0.15, 0.2) is 0 Å². The number of nitrogens with two attached hydrogens (primary N) is 1. The molecule has 1 aliphatic heterocycles. The molecule has 0 bridgehead atoms. The topological polar surface area (TPSA) is 52.7 Å². The normalized spacial score (nSPS) is 29.0. The van der Waals surface area contributed by atoms with Crippen molar-refractivity contribution >= 4 is 0 Å². The van der Waals surface area contributed by atoms with Crippen LogP contribution in [0.2, 0.25) is 0 Å². The van der Waals surface area contributed by atoms with Crippen molar-refractivity contribution in [2.45, 2.75) is 31.8 Å². The summed E-state index contributed by atoms with van der Waals surface area (Å²) in [5, 5.41) is 9.07. The predicted molar refractivity (Wildman–Crippen MR) is 62.8 cm³/mol. The zero-order chi connectivity index (χ0) is 11.5. The molecule has 1 saturated heterocycles. The SMILES string of the molecule is CC1CN(CCC(C)(N)CO)CCN1C. The number of hydrogen-bond donors (Lipinski definition) is 2. The van der Waals surface area contributed by atoms with Crippen LogP contribution in [0.1, 0.15) is 20.3 Å². The van der Waals surface area contributed by atoms with Crippen LogP contribution >= 0.6 is 0 Å². The zero-order valence-corrected chi connectivity index (χ0v) is 10.2. The summed E-state index contributed by atoms with van der Waals surface area (Å²) in [6, 6.07) is 0.622. The number of aliphatic hydroxyl groups excluding tert-OH is 1. The lowest BCUT2D eigenvalue weighted by atomic mass is 10.00. The smallest absolute Gasteiger partial charge is 0.0608 e. The van der Waals surface area contributed by atoms with Crippen LogP contribution in [-0.2, 0) is 0 Å². The first-order chi connectivity index (χ1) is 6.94. The molecule has 3 N–H and O–H groups in total. The summed E-state index contributed by atoms with van der Waals surface area (Å²) in [7, 11) is 2.17. The third-order valence-corrected chi connectivity index (χ3v) is 3.40. The Morgan fingerprint density at radius 3 is 2.67 bits per heavy atom. The Morgan fingerprint density at radius 2 is 2.13 bits per heavy atom. The molecule has 1 heterocycles. The lowest BCUT2D eigenvalue weighted by Crippen LogP contribution is -2.52. The molecule has 90 valence electrons. The molecule has 0 aromatic heterocycles. The van der Waals surface area contributed by atoms with Crippen molar-refractivity contribution in [3.63, 3.8) is 0 Å². The molecular formula is C11H25N3O. The zero-order valence-electron chi connectivity index (χ0n) is 10.2. The summed E-state index contributed by atoms with van der Waals surface area (Å²) in [5.41, 5.74) is 5.48. The fourth-order valence-electron chi connectivity index (χ4n) is 1.82. The van der Waals surface area contributed by atoms with E-state index in [2.05, 4.69) is 23.8 Å². The third-order valence-electron chi connectivity index (χ3n) is 3.40. The molecule has 0 aliphatic carbocycles. The molecule has 0 aromatic carbocycles. The third kappa shape index (κ3) is 4.07. The lowest BCUT2D eigenvalue weighted by Gasteiger charge is -2.38. The Labute approximate surface area is 93.0 Å². The fraction of sp³-hybridized carbons (Fsp3) is 1.00. The maximum absolute atomic E-state index is 9.07. The minimum atomic E-state index is -0.424. The van der Waals surface area contributed by atoms with E-state index in [0.29, 0.717) is 6.04 Å². The van der Waals surface area contributed by atoms with Crippen molar-refractivity contribution in [1.82, 2.24) is 9.80 Å². The van der Waals surface area contributed by atoms with Crippen LogP contribution in [0.5, 0.6) is 0 Å². The first kappa shape index (κ1) is 12.9. The van der Waals surface area contributed by atoms with Crippen LogP contribution in [0.25, 0.3) is 0 Å². The van der Waals surface area contributed by atoms with E-state index in [0.717, 1.165) is 32.6 Å². The average molecular weight is 215 g/mol. The first-order valence-electron chi connectivity index (χ1n) is 5.77. The molecule has 1 rings (SSSR count). The van der Waals surface area contributed by atoms with Crippen molar-refractivity contribution in [2.75, 3.05) is 39.8 Å². The predicted octanol–water partition coefficient (Wildman–Crippen LogP) is -0.278. The molecular weight excluding hydrogens is 190 g/mol. The number of likely N-dealkylation sites (N-methyl/N-ethyl adjacent to an activating group) is 1. The summed E-state index contributed by atoms with van der Waals surface area (Å²) < 4.78 is 0. The maximum atomic E-state index is 9.07. The van der Waals surface area contributed by atoms with Crippen molar-refractivity contribution in [1.29, 1.82) is 0 Å². The number of rotatable bonds is 4. The maximum Gasteiger partial charge on any atom is 0.0608 e. The molecule has 2 atom stereocenters. The average Bonchev–Trinajstić information content (AvgIpc) is 2.20. The van der Waals surface area contributed by atoms with Gasteiger partial charge in [-0.2, -0.15) is 0 Å². The van der Waals surface area contributed by atoms with E-state index in [1.54, 1.807) is 0 Å². The molecule has 2 unspecified atom stereocenters. The second-order valence-electron chi connectivity index (χ2n) is 5.19. The first-order valence-corrected chi connectivity index (χ1v) is 5.77. The second kappa shape index (κ2) is 5.25. The van der Waals surface area contributed by atoms with Gasteiger partial charge in [-0.1, -0.05) is 0 Å². The Kier molecular flexibility index (Phi) is 4.52. The minimum Gasteiger partial charge on any atom is -0.394 e. The van der Waals surface area contributed by atoms with Gasteiger partial charge in [0, 0.05) is 37.8 Å². The van der Waals surface area contributed by atoms with Gasteiger partial charge in [0.25, 0.3) is 0 Å². The van der Waals surface area contributed by atoms with Crippen molar-refractivity contribution in [2.24, 2.45) is 5.73 Å². The second-order valence-corrected chi connectivity index (χ2v) is 5.19. The van der Waals surface area contributed by atoms with Crippen molar-refractivity contribution < 1.29 is 5.11 Å². The summed E-state index contributed by atoms with van der Waals surface area (Å²) in [5.74, 6) is 0. The van der Waals surface area contributed by atoms with Gasteiger partial charge in [-0.15, -0.1) is 0 Å². The molecule has 0 aromatic rings. The molecule has 4 nitrogen and oxygen atoms in total. The standard InChI is InChI=1S/C11H25N3O/c1-10-8-14(7-6-13(10)3)5-4-11(2,12)9-15/h10,15H,4-9,12H2,1-3H3. The Balaban J connectivity index is 2.28. The Morgan fingerprint density at radius 1 is 1.47 bits per heavy atom. The van der Waals surface area contributed by atoms with E-state index in [9.17, 15) is 0 Å². The molecule has 0 radical (unpaired) electrons. The van der Waals surface area contributed by atoms with Crippen LogP contribution < -0.4 is 5.73 Å². The van der Waals surface area contributed by atoms with Gasteiger partial charge in [0.2, 0.25) is 0 Å². The van der Waals surface area contributed by atoms with Gasteiger partial charge >= 0.3 is 0 Å². The minimum absolute atomic E-state index is 0.0658. The highest BCUT2D eigenvalue weighted by Crippen LogP contribution is 2.10. The Hall–Kier alpha value is -0.160. The summed E-state index contributed by atoms with van der Waals surface area (Å²) in [4.78, 5) is 4.82. The monoisotopic (exact) mass is 215 g/mol. The number of aliphatic hydroxyl groups is 1. The lowest BCUT2D eigenvalue weighted by molar-refractivity contribution is 0.0930. The highest BCUT2D eigenvalue weighted by atomic mass is 16.3. The van der Waals surface area contributed by atoms with E-state index < -0.39 is 5.54 Å². The highest BCUT2D eigenvalue weighted by Gasteiger charge is 2.23. The summed E-state index contributed by atoms with van der Waals surface area (Å²) in [6.07, 6.45) is 0.861. The van der Waals surface area contributed by atoms with Crippen molar-refractivity contribution in [3.8, 4) is 0 Å². The summed E-state index contributed by atoms with van der Waals surface area (Å²) >= 11 is 0. The van der Waals surface area contributed by atoms with Crippen LogP contribution in [0.3, 0.4) is 0 Å². The van der Waals surface area contributed by atoms with Crippen LogP contribution in [-0.4, -0.2) is 66.3 Å². The molecule has 1 fully saturated rings. The van der Waals surface area contributed by atoms with E-state index >= 15 is 0 Å². The van der Waals surface area contributed by atoms with E-state index in [1.807, 2.05) is 6.92 Å². The van der Waals surface area contributed by atoms with Crippen LogP contribution in [0.4, 0.5) is 0 Å². The van der Waals surface area contributed by atoms with Gasteiger partial charge < -0.3 is 20.6 Å². The molecule has 0 spiro atoms. The largest absolute Gasteiger partial charge is 0.394 e.